The number of amides is 1. The van der Waals surface area contributed by atoms with Crippen molar-refractivity contribution in [2.24, 2.45) is 5.92 Å². The molecule has 1 fully saturated rings. The van der Waals surface area contributed by atoms with Crippen LogP contribution in [0.4, 0.5) is 5.13 Å². The molecule has 0 atom stereocenters. The first kappa shape index (κ1) is 20.3. The number of nitrogens with zero attached hydrogens (tertiary/aromatic N) is 3. The Morgan fingerprint density at radius 3 is 2.50 bits per heavy atom. The topological polar surface area (TPSA) is 58.1 Å². The van der Waals surface area contributed by atoms with Crippen molar-refractivity contribution in [3.05, 3.63) is 83.7 Å². The van der Waals surface area contributed by atoms with Gasteiger partial charge in [-0.25, -0.2) is 4.98 Å². The second-order valence-corrected chi connectivity index (χ2v) is 8.31. The molecule has 0 aliphatic carbocycles. The van der Waals surface area contributed by atoms with Crippen molar-refractivity contribution in [3.63, 3.8) is 0 Å². The van der Waals surface area contributed by atoms with Crippen LogP contribution in [0.5, 0.6) is 0 Å². The Balaban J connectivity index is 1.20. The lowest BCUT2D eigenvalue weighted by Crippen LogP contribution is -2.38. The summed E-state index contributed by atoms with van der Waals surface area (Å²) in [7, 11) is 0. The molecule has 30 heavy (non-hydrogen) atoms. The number of hydrogen-bond acceptors (Lipinski definition) is 5. The molecule has 0 spiro atoms. The van der Waals surface area contributed by atoms with Gasteiger partial charge < -0.3 is 10.2 Å². The van der Waals surface area contributed by atoms with Crippen LogP contribution in [0.1, 0.15) is 29.8 Å². The van der Waals surface area contributed by atoms with Gasteiger partial charge in [0.2, 0.25) is 11.0 Å². The highest BCUT2D eigenvalue weighted by Gasteiger charge is 2.22. The zero-order valence-corrected chi connectivity index (χ0v) is 17.7. The molecule has 2 aromatic carbocycles. The van der Waals surface area contributed by atoms with Gasteiger partial charge in [-0.1, -0.05) is 60.7 Å². The SMILES string of the molecule is O=C(/C=C/c1ccccc1)NCC1CCN(c2nc(Cc3ccccc3)ns2)CC1. The Labute approximate surface area is 181 Å². The number of rotatable bonds is 7. The molecule has 154 valence electrons. The van der Waals surface area contributed by atoms with Crippen molar-refractivity contribution in [2.75, 3.05) is 24.5 Å². The summed E-state index contributed by atoms with van der Waals surface area (Å²) in [4.78, 5) is 19.1. The zero-order valence-electron chi connectivity index (χ0n) is 16.9. The molecule has 1 aliphatic rings. The van der Waals surface area contributed by atoms with Crippen LogP contribution in [-0.2, 0) is 11.2 Å². The molecule has 6 heteroatoms. The minimum atomic E-state index is -0.0315. The van der Waals surface area contributed by atoms with Gasteiger partial charge >= 0.3 is 0 Å². The maximum absolute atomic E-state index is 12.1. The molecule has 3 aromatic rings. The van der Waals surface area contributed by atoms with Gasteiger partial charge in [-0.15, -0.1) is 0 Å². The first-order chi connectivity index (χ1) is 14.8. The molecular weight excluding hydrogens is 392 g/mol. The summed E-state index contributed by atoms with van der Waals surface area (Å²) >= 11 is 1.49. The van der Waals surface area contributed by atoms with Gasteiger partial charge in [-0.05, 0) is 36.0 Å². The molecule has 2 heterocycles. The number of carbonyl (C=O) groups is 1. The Morgan fingerprint density at radius 2 is 1.77 bits per heavy atom. The van der Waals surface area contributed by atoms with E-state index in [0.717, 1.165) is 55.4 Å². The standard InChI is InChI=1S/C24H26N4OS/c29-23(12-11-19-7-3-1-4-8-19)25-18-21-13-15-28(16-14-21)24-26-22(27-30-24)17-20-9-5-2-6-10-20/h1-12,21H,13-18H2,(H,25,29)/b12-11+. The lowest BCUT2D eigenvalue weighted by Gasteiger charge is -2.31. The Hall–Kier alpha value is -2.99. The molecule has 1 aliphatic heterocycles. The Morgan fingerprint density at radius 1 is 1.07 bits per heavy atom. The largest absolute Gasteiger partial charge is 0.352 e. The number of nitrogens with one attached hydrogen (secondary N) is 1. The molecule has 1 saturated heterocycles. The van der Waals surface area contributed by atoms with Gasteiger partial charge in [-0.3, -0.25) is 4.79 Å². The van der Waals surface area contributed by atoms with E-state index in [1.165, 1.54) is 17.1 Å². The maximum atomic E-state index is 12.1. The van der Waals surface area contributed by atoms with Gasteiger partial charge in [0, 0.05) is 43.7 Å². The average Bonchev–Trinajstić information content (AvgIpc) is 3.26. The Kier molecular flexibility index (Phi) is 6.87. The molecule has 5 nitrogen and oxygen atoms in total. The number of benzene rings is 2. The molecule has 0 unspecified atom stereocenters. The Bertz CT molecular complexity index is 963. The fraction of sp³-hybridized carbons (Fsp3) is 0.292. The first-order valence-electron chi connectivity index (χ1n) is 10.4. The summed E-state index contributed by atoms with van der Waals surface area (Å²) in [6.45, 7) is 2.64. The average molecular weight is 419 g/mol. The van der Waals surface area contributed by atoms with E-state index in [2.05, 4.69) is 26.7 Å². The van der Waals surface area contributed by atoms with Crippen molar-refractivity contribution >= 4 is 28.6 Å². The van der Waals surface area contributed by atoms with Crippen molar-refractivity contribution in [3.8, 4) is 0 Å². The van der Waals surface area contributed by atoms with Crippen LogP contribution in [0.15, 0.2) is 66.7 Å². The third-order valence-corrected chi connectivity index (χ3v) is 6.15. The van der Waals surface area contributed by atoms with E-state index in [-0.39, 0.29) is 5.91 Å². The highest BCUT2D eigenvalue weighted by Crippen LogP contribution is 2.25. The third-order valence-electron chi connectivity index (χ3n) is 5.34. The van der Waals surface area contributed by atoms with E-state index in [1.807, 2.05) is 54.6 Å². The number of piperidine rings is 1. The second-order valence-electron chi connectivity index (χ2n) is 7.58. The van der Waals surface area contributed by atoms with Crippen LogP contribution in [0.2, 0.25) is 0 Å². The quantitative estimate of drug-likeness (QED) is 0.585. The molecule has 0 saturated carbocycles. The van der Waals surface area contributed by atoms with E-state index in [4.69, 9.17) is 4.98 Å². The fourth-order valence-electron chi connectivity index (χ4n) is 3.59. The van der Waals surface area contributed by atoms with E-state index in [9.17, 15) is 4.79 Å². The maximum Gasteiger partial charge on any atom is 0.244 e. The summed E-state index contributed by atoms with van der Waals surface area (Å²) in [6.07, 6.45) is 6.34. The predicted molar refractivity (Wildman–Crippen MR) is 123 cm³/mol. The normalized spacial score (nSPS) is 14.9. The highest BCUT2D eigenvalue weighted by molar-refractivity contribution is 7.09. The fourth-order valence-corrected chi connectivity index (χ4v) is 4.33. The van der Waals surface area contributed by atoms with Crippen molar-refractivity contribution in [2.45, 2.75) is 19.3 Å². The van der Waals surface area contributed by atoms with Gasteiger partial charge in [0.05, 0.1) is 0 Å². The van der Waals surface area contributed by atoms with E-state index < -0.39 is 0 Å². The first-order valence-corrected chi connectivity index (χ1v) is 11.2. The zero-order chi connectivity index (χ0) is 20.6. The van der Waals surface area contributed by atoms with Crippen molar-refractivity contribution in [1.29, 1.82) is 0 Å². The van der Waals surface area contributed by atoms with Crippen LogP contribution in [0, 0.1) is 5.92 Å². The number of aromatic nitrogens is 2. The van der Waals surface area contributed by atoms with E-state index >= 15 is 0 Å². The van der Waals surface area contributed by atoms with Gasteiger partial charge in [0.25, 0.3) is 0 Å². The van der Waals surface area contributed by atoms with Gasteiger partial charge in [-0.2, -0.15) is 4.37 Å². The summed E-state index contributed by atoms with van der Waals surface area (Å²) < 4.78 is 4.53. The molecule has 1 N–H and O–H groups in total. The lowest BCUT2D eigenvalue weighted by atomic mass is 9.97. The molecule has 0 radical (unpaired) electrons. The summed E-state index contributed by atoms with van der Waals surface area (Å²) in [5.41, 5.74) is 2.27. The highest BCUT2D eigenvalue weighted by atomic mass is 32.1. The number of anilines is 1. The third kappa shape index (κ3) is 5.76. The number of carbonyl (C=O) groups excluding carboxylic acids is 1. The van der Waals surface area contributed by atoms with Crippen LogP contribution >= 0.6 is 11.5 Å². The number of hydrogen-bond donors (Lipinski definition) is 1. The smallest absolute Gasteiger partial charge is 0.244 e. The monoisotopic (exact) mass is 418 g/mol. The second kappa shape index (κ2) is 10.2. The van der Waals surface area contributed by atoms with E-state index in [0.29, 0.717) is 5.92 Å². The predicted octanol–water partition coefficient (Wildman–Crippen LogP) is 4.17. The van der Waals surface area contributed by atoms with Crippen LogP contribution in [-0.4, -0.2) is 34.9 Å². The van der Waals surface area contributed by atoms with Crippen LogP contribution in [0.25, 0.3) is 6.08 Å². The molecular formula is C24H26N4OS. The summed E-state index contributed by atoms with van der Waals surface area (Å²) in [5.74, 6) is 1.36. The summed E-state index contributed by atoms with van der Waals surface area (Å²) in [6, 6.07) is 20.2. The molecule has 1 amide bonds. The van der Waals surface area contributed by atoms with Crippen LogP contribution in [0.3, 0.4) is 0 Å². The van der Waals surface area contributed by atoms with Crippen LogP contribution < -0.4 is 10.2 Å². The van der Waals surface area contributed by atoms with E-state index in [1.54, 1.807) is 6.08 Å². The van der Waals surface area contributed by atoms with Crippen molar-refractivity contribution in [1.82, 2.24) is 14.7 Å². The minimum Gasteiger partial charge on any atom is -0.352 e. The lowest BCUT2D eigenvalue weighted by molar-refractivity contribution is -0.116. The molecule has 1 aromatic heterocycles. The van der Waals surface area contributed by atoms with Gasteiger partial charge in [0.1, 0.15) is 5.82 Å². The minimum absolute atomic E-state index is 0.0315. The molecule has 0 bridgehead atoms. The summed E-state index contributed by atoms with van der Waals surface area (Å²) in [5, 5.41) is 4.05. The van der Waals surface area contributed by atoms with Crippen molar-refractivity contribution < 1.29 is 4.79 Å². The van der Waals surface area contributed by atoms with Gasteiger partial charge in [0.15, 0.2) is 0 Å². The molecule has 4 rings (SSSR count).